The van der Waals surface area contributed by atoms with E-state index in [2.05, 4.69) is 37.9 Å². The summed E-state index contributed by atoms with van der Waals surface area (Å²) in [5.41, 5.74) is 2.68. The van der Waals surface area contributed by atoms with Crippen molar-refractivity contribution in [1.82, 2.24) is 9.38 Å². The summed E-state index contributed by atoms with van der Waals surface area (Å²) >= 11 is 0. The first-order valence-corrected chi connectivity index (χ1v) is 4.89. The fourth-order valence-electron chi connectivity index (χ4n) is 1.54. The predicted octanol–water partition coefficient (Wildman–Crippen LogP) is 2.50. The zero-order valence-corrected chi connectivity index (χ0v) is 9.15. The molecule has 3 nitrogen and oxygen atoms in total. The molecule has 0 fully saturated rings. The topological polar surface area (TPSA) is 41.1 Å². The monoisotopic (exact) mass is 199 g/mol. The Morgan fingerprint density at radius 3 is 2.73 bits per heavy atom. The van der Waals surface area contributed by atoms with Crippen LogP contribution >= 0.6 is 0 Å². The van der Waals surface area contributed by atoms with Gasteiger partial charge in [0, 0.05) is 6.20 Å². The van der Waals surface area contributed by atoms with Crippen LogP contribution in [0.3, 0.4) is 0 Å². The van der Waals surface area contributed by atoms with Gasteiger partial charge in [0.2, 0.25) is 0 Å². The van der Waals surface area contributed by atoms with Crippen molar-refractivity contribution in [1.29, 1.82) is 5.26 Å². The Balaban J connectivity index is 2.69. The summed E-state index contributed by atoms with van der Waals surface area (Å²) in [6.07, 6.45) is 3.62. The number of fused-ring (bicyclic) bond motifs is 1. The van der Waals surface area contributed by atoms with Crippen LogP contribution in [-0.2, 0) is 5.41 Å². The third-order valence-electron chi connectivity index (χ3n) is 2.51. The Bertz CT molecular complexity index is 538. The van der Waals surface area contributed by atoms with Gasteiger partial charge in [0.1, 0.15) is 12.4 Å². The van der Waals surface area contributed by atoms with E-state index in [1.807, 2.05) is 16.7 Å². The van der Waals surface area contributed by atoms with E-state index in [-0.39, 0.29) is 5.41 Å². The molecule has 0 aliphatic rings. The average Bonchev–Trinajstić information content (AvgIpc) is 2.57. The number of nitriles is 1. The van der Waals surface area contributed by atoms with Gasteiger partial charge in [-0.1, -0.05) is 20.8 Å². The van der Waals surface area contributed by atoms with Gasteiger partial charge >= 0.3 is 0 Å². The second-order valence-corrected chi connectivity index (χ2v) is 4.66. The van der Waals surface area contributed by atoms with Crippen molar-refractivity contribution in [3.63, 3.8) is 0 Å². The molecule has 0 aliphatic carbocycles. The van der Waals surface area contributed by atoms with Crippen LogP contribution in [0.25, 0.3) is 5.52 Å². The average molecular weight is 199 g/mol. The quantitative estimate of drug-likeness (QED) is 0.654. The Morgan fingerprint density at radius 2 is 2.13 bits per heavy atom. The smallest absolute Gasteiger partial charge is 0.166 e. The summed E-state index contributed by atoms with van der Waals surface area (Å²) in [6.45, 7) is 6.46. The van der Waals surface area contributed by atoms with Crippen LogP contribution in [0.2, 0.25) is 0 Å². The summed E-state index contributed by atoms with van der Waals surface area (Å²) in [5.74, 6) is 0. The SMILES string of the molecule is CC(C)(C)c1ccn2cnc(C#N)c2c1. The molecule has 0 N–H and O–H groups in total. The van der Waals surface area contributed by atoms with Crippen LogP contribution in [0.4, 0.5) is 0 Å². The molecule has 2 rings (SSSR count). The Hall–Kier alpha value is -1.82. The third-order valence-corrected chi connectivity index (χ3v) is 2.51. The van der Waals surface area contributed by atoms with Crippen LogP contribution in [0, 0.1) is 11.3 Å². The number of hydrogen-bond donors (Lipinski definition) is 0. The van der Waals surface area contributed by atoms with Gasteiger partial charge in [-0.05, 0) is 23.1 Å². The maximum atomic E-state index is 8.89. The molecule has 2 aromatic rings. The highest BCUT2D eigenvalue weighted by Crippen LogP contribution is 2.23. The highest BCUT2D eigenvalue weighted by Gasteiger charge is 2.15. The van der Waals surface area contributed by atoms with Crippen molar-refractivity contribution < 1.29 is 0 Å². The van der Waals surface area contributed by atoms with Gasteiger partial charge in [0.25, 0.3) is 0 Å². The van der Waals surface area contributed by atoms with Crippen molar-refractivity contribution >= 4 is 5.52 Å². The molecule has 0 unspecified atom stereocenters. The summed E-state index contributed by atoms with van der Waals surface area (Å²) in [6, 6.07) is 6.20. The molecule has 0 aromatic carbocycles. The molecule has 3 heteroatoms. The fraction of sp³-hybridized carbons (Fsp3) is 0.333. The number of pyridine rings is 1. The van der Waals surface area contributed by atoms with Gasteiger partial charge in [-0.2, -0.15) is 5.26 Å². The maximum absolute atomic E-state index is 8.89. The summed E-state index contributed by atoms with van der Waals surface area (Å²) in [5, 5.41) is 8.89. The van der Waals surface area contributed by atoms with Gasteiger partial charge in [0.15, 0.2) is 5.69 Å². The summed E-state index contributed by atoms with van der Waals surface area (Å²) in [7, 11) is 0. The predicted molar refractivity (Wildman–Crippen MR) is 58.6 cm³/mol. The first kappa shape index (κ1) is 9.72. The van der Waals surface area contributed by atoms with Crippen molar-refractivity contribution in [3.05, 3.63) is 35.9 Å². The second kappa shape index (κ2) is 3.09. The molecular weight excluding hydrogens is 186 g/mol. The zero-order chi connectivity index (χ0) is 11.1. The van der Waals surface area contributed by atoms with Crippen LogP contribution in [0.5, 0.6) is 0 Å². The van der Waals surface area contributed by atoms with Crippen LogP contribution in [-0.4, -0.2) is 9.38 Å². The van der Waals surface area contributed by atoms with Crippen molar-refractivity contribution in [2.24, 2.45) is 0 Å². The highest BCUT2D eigenvalue weighted by atomic mass is 15.0. The molecule has 0 saturated carbocycles. The molecule has 0 saturated heterocycles. The minimum Gasteiger partial charge on any atom is -0.305 e. The largest absolute Gasteiger partial charge is 0.305 e. The fourth-order valence-corrected chi connectivity index (χ4v) is 1.54. The zero-order valence-electron chi connectivity index (χ0n) is 9.15. The number of nitrogens with zero attached hydrogens (tertiary/aromatic N) is 3. The van der Waals surface area contributed by atoms with E-state index in [0.29, 0.717) is 5.69 Å². The van der Waals surface area contributed by atoms with Gasteiger partial charge in [-0.3, -0.25) is 0 Å². The number of hydrogen-bond acceptors (Lipinski definition) is 2. The highest BCUT2D eigenvalue weighted by molar-refractivity contribution is 5.59. The number of aromatic nitrogens is 2. The first-order valence-electron chi connectivity index (χ1n) is 4.89. The van der Waals surface area contributed by atoms with Crippen LogP contribution in [0.15, 0.2) is 24.7 Å². The Kier molecular flexibility index (Phi) is 2.01. The molecule has 2 aromatic heterocycles. The van der Waals surface area contributed by atoms with E-state index in [1.165, 1.54) is 5.56 Å². The first-order chi connectivity index (χ1) is 7.02. The van der Waals surface area contributed by atoms with E-state index < -0.39 is 0 Å². The molecule has 0 bridgehead atoms. The molecule has 0 aliphatic heterocycles. The lowest BCUT2D eigenvalue weighted by molar-refractivity contribution is 0.590. The maximum Gasteiger partial charge on any atom is 0.166 e. The number of imidazole rings is 1. The standard InChI is InChI=1S/C12H13N3/c1-12(2,3)9-4-5-15-8-14-10(7-13)11(15)6-9/h4-6,8H,1-3H3. The van der Waals surface area contributed by atoms with Gasteiger partial charge in [-0.15, -0.1) is 0 Å². The van der Waals surface area contributed by atoms with E-state index in [0.717, 1.165) is 5.52 Å². The molecule has 76 valence electrons. The minimum absolute atomic E-state index is 0.0960. The van der Waals surface area contributed by atoms with Crippen molar-refractivity contribution in [3.8, 4) is 6.07 Å². The lowest BCUT2D eigenvalue weighted by Gasteiger charge is -2.18. The molecule has 0 spiro atoms. The Labute approximate surface area is 89.0 Å². The second-order valence-electron chi connectivity index (χ2n) is 4.66. The molecule has 0 atom stereocenters. The summed E-state index contributed by atoms with van der Waals surface area (Å²) in [4.78, 5) is 4.04. The van der Waals surface area contributed by atoms with E-state index in [1.54, 1.807) is 6.33 Å². The lowest BCUT2D eigenvalue weighted by atomic mass is 9.87. The van der Waals surface area contributed by atoms with Gasteiger partial charge < -0.3 is 4.40 Å². The molecule has 0 radical (unpaired) electrons. The van der Waals surface area contributed by atoms with Crippen molar-refractivity contribution in [2.75, 3.05) is 0 Å². The Morgan fingerprint density at radius 1 is 1.40 bits per heavy atom. The lowest BCUT2D eigenvalue weighted by Crippen LogP contribution is -2.11. The van der Waals surface area contributed by atoms with Crippen LogP contribution < -0.4 is 0 Å². The molecular formula is C12H13N3. The molecule has 0 amide bonds. The van der Waals surface area contributed by atoms with Crippen LogP contribution in [0.1, 0.15) is 32.0 Å². The van der Waals surface area contributed by atoms with E-state index in [4.69, 9.17) is 5.26 Å². The van der Waals surface area contributed by atoms with E-state index >= 15 is 0 Å². The van der Waals surface area contributed by atoms with E-state index in [9.17, 15) is 0 Å². The number of rotatable bonds is 0. The van der Waals surface area contributed by atoms with Gasteiger partial charge in [0.05, 0.1) is 5.52 Å². The molecule has 2 heterocycles. The van der Waals surface area contributed by atoms with Crippen molar-refractivity contribution in [2.45, 2.75) is 26.2 Å². The summed E-state index contributed by atoms with van der Waals surface area (Å²) < 4.78 is 1.87. The van der Waals surface area contributed by atoms with Gasteiger partial charge in [-0.25, -0.2) is 4.98 Å². The molecule has 15 heavy (non-hydrogen) atoms. The minimum atomic E-state index is 0.0960. The normalized spacial score (nSPS) is 11.6. The third kappa shape index (κ3) is 1.59.